The van der Waals surface area contributed by atoms with E-state index in [-0.39, 0.29) is 31.0 Å². The van der Waals surface area contributed by atoms with Gasteiger partial charge in [-0.2, -0.15) is 0 Å². The van der Waals surface area contributed by atoms with Gasteiger partial charge in [0.1, 0.15) is 25.0 Å². The summed E-state index contributed by atoms with van der Waals surface area (Å²) in [6.07, 6.45) is -0.0439. The summed E-state index contributed by atoms with van der Waals surface area (Å²) >= 11 is 0. The average Bonchev–Trinajstić information content (AvgIpc) is 2.60. The number of carbonyl (C=O) groups is 2. The molecule has 1 heterocycles. The number of carbonyl (C=O) groups excluding carboxylic acids is 2. The van der Waals surface area contributed by atoms with Crippen molar-refractivity contribution in [3.63, 3.8) is 0 Å². The molecule has 0 bridgehead atoms. The highest BCUT2D eigenvalue weighted by molar-refractivity contribution is 5.95. The van der Waals surface area contributed by atoms with Crippen molar-refractivity contribution in [1.29, 1.82) is 0 Å². The minimum atomic E-state index is -0.308. The third kappa shape index (κ3) is 4.18. The molecule has 1 atom stereocenters. The number of esters is 1. The standard InChI is InChI=1S/C20H21NO4/c1-14-11-21(12-20(23)24-13-16-6-4-3-5-7-16)18-10-17(15(2)22)8-9-19(18)25-14/h3-10,14H,11-13H2,1-2H3. The van der Waals surface area contributed by atoms with Crippen molar-refractivity contribution in [2.45, 2.75) is 26.6 Å². The first-order valence-electron chi connectivity index (χ1n) is 8.29. The van der Waals surface area contributed by atoms with Crippen LogP contribution in [0.25, 0.3) is 0 Å². The van der Waals surface area contributed by atoms with Crippen LogP contribution in [0.4, 0.5) is 5.69 Å². The Balaban J connectivity index is 1.70. The summed E-state index contributed by atoms with van der Waals surface area (Å²) in [5, 5.41) is 0. The lowest BCUT2D eigenvalue weighted by atomic mass is 10.1. The zero-order chi connectivity index (χ0) is 17.8. The van der Waals surface area contributed by atoms with E-state index in [4.69, 9.17) is 9.47 Å². The van der Waals surface area contributed by atoms with Gasteiger partial charge in [0.05, 0.1) is 12.2 Å². The van der Waals surface area contributed by atoms with Gasteiger partial charge in [0.25, 0.3) is 0 Å². The van der Waals surface area contributed by atoms with E-state index < -0.39 is 0 Å². The number of rotatable bonds is 5. The van der Waals surface area contributed by atoms with Crippen LogP contribution in [0.5, 0.6) is 5.75 Å². The molecule has 0 amide bonds. The molecule has 5 heteroatoms. The zero-order valence-electron chi connectivity index (χ0n) is 14.4. The first-order chi connectivity index (χ1) is 12.0. The third-order valence-electron chi connectivity index (χ3n) is 4.07. The number of ketones is 1. The summed E-state index contributed by atoms with van der Waals surface area (Å²) in [6, 6.07) is 14.9. The Bertz CT molecular complexity index is 773. The first-order valence-corrected chi connectivity index (χ1v) is 8.29. The van der Waals surface area contributed by atoms with Crippen LogP contribution in [-0.2, 0) is 16.1 Å². The predicted octanol–water partition coefficient (Wildman–Crippen LogP) is 3.22. The molecule has 5 nitrogen and oxygen atoms in total. The molecule has 1 unspecified atom stereocenters. The fraction of sp³-hybridized carbons (Fsp3) is 0.300. The van der Waals surface area contributed by atoms with Crippen LogP contribution >= 0.6 is 0 Å². The lowest BCUT2D eigenvalue weighted by molar-refractivity contribution is -0.143. The molecular weight excluding hydrogens is 318 g/mol. The maximum atomic E-state index is 12.2. The Hall–Kier alpha value is -2.82. The number of Topliss-reactive ketones (excluding diaryl/α,β-unsaturated/α-hetero) is 1. The largest absolute Gasteiger partial charge is 0.487 e. The summed E-state index contributed by atoms with van der Waals surface area (Å²) in [5.74, 6) is 0.352. The number of anilines is 1. The summed E-state index contributed by atoms with van der Waals surface area (Å²) < 4.78 is 11.2. The van der Waals surface area contributed by atoms with Gasteiger partial charge in [-0.05, 0) is 37.6 Å². The molecule has 2 aromatic rings. The van der Waals surface area contributed by atoms with Gasteiger partial charge in [-0.3, -0.25) is 9.59 Å². The SMILES string of the molecule is CC(=O)c1ccc2c(c1)N(CC(=O)OCc1ccccc1)CC(C)O2. The lowest BCUT2D eigenvalue weighted by Crippen LogP contribution is -2.41. The number of fused-ring (bicyclic) bond motifs is 1. The molecule has 0 aromatic heterocycles. The van der Waals surface area contributed by atoms with E-state index in [9.17, 15) is 9.59 Å². The van der Waals surface area contributed by atoms with Gasteiger partial charge in [0.2, 0.25) is 0 Å². The molecule has 1 aliphatic rings. The summed E-state index contributed by atoms with van der Waals surface area (Å²) in [5.41, 5.74) is 2.30. The van der Waals surface area contributed by atoms with Gasteiger partial charge < -0.3 is 14.4 Å². The monoisotopic (exact) mass is 339 g/mol. The normalized spacial score (nSPS) is 15.9. The second kappa shape index (κ2) is 7.38. The molecule has 0 saturated heterocycles. The van der Waals surface area contributed by atoms with Crippen LogP contribution < -0.4 is 9.64 Å². The smallest absolute Gasteiger partial charge is 0.325 e. The molecule has 0 saturated carbocycles. The number of nitrogens with zero attached hydrogens (tertiary/aromatic N) is 1. The number of hydrogen-bond donors (Lipinski definition) is 0. The molecule has 0 fully saturated rings. The summed E-state index contributed by atoms with van der Waals surface area (Å²) in [4.78, 5) is 25.8. The van der Waals surface area contributed by atoms with Gasteiger partial charge >= 0.3 is 5.97 Å². The van der Waals surface area contributed by atoms with Crippen LogP contribution in [0, 0.1) is 0 Å². The van der Waals surface area contributed by atoms with E-state index in [1.165, 1.54) is 6.92 Å². The number of benzene rings is 2. The van der Waals surface area contributed by atoms with Crippen molar-refractivity contribution in [2.24, 2.45) is 0 Å². The van der Waals surface area contributed by atoms with Crippen LogP contribution in [-0.4, -0.2) is 30.9 Å². The Morgan fingerprint density at radius 3 is 2.68 bits per heavy atom. The first kappa shape index (κ1) is 17.0. The summed E-state index contributed by atoms with van der Waals surface area (Å²) in [6.45, 7) is 4.40. The molecule has 0 spiro atoms. The van der Waals surface area contributed by atoms with Crippen molar-refractivity contribution in [3.05, 3.63) is 59.7 Å². The quantitative estimate of drug-likeness (QED) is 0.618. The predicted molar refractivity (Wildman–Crippen MR) is 95.0 cm³/mol. The minimum Gasteiger partial charge on any atom is -0.487 e. The van der Waals surface area contributed by atoms with Gasteiger partial charge in [-0.25, -0.2) is 0 Å². The van der Waals surface area contributed by atoms with Crippen molar-refractivity contribution < 1.29 is 19.1 Å². The van der Waals surface area contributed by atoms with Crippen molar-refractivity contribution in [1.82, 2.24) is 0 Å². The molecule has 0 radical (unpaired) electrons. The maximum Gasteiger partial charge on any atom is 0.325 e. The van der Waals surface area contributed by atoms with E-state index in [0.29, 0.717) is 17.9 Å². The molecule has 0 N–H and O–H groups in total. The minimum absolute atomic E-state index is 0.0203. The average molecular weight is 339 g/mol. The second-order valence-corrected chi connectivity index (χ2v) is 6.19. The highest BCUT2D eigenvalue weighted by Crippen LogP contribution is 2.34. The van der Waals surface area contributed by atoms with Crippen LogP contribution in [0.15, 0.2) is 48.5 Å². The van der Waals surface area contributed by atoms with Crippen LogP contribution in [0.3, 0.4) is 0 Å². The summed E-state index contributed by atoms with van der Waals surface area (Å²) in [7, 11) is 0. The fourth-order valence-corrected chi connectivity index (χ4v) is 2.84. The second-order valence-electron chi connectivity index (χ2n) is 6.19. The van der Waals surface area contributed by atoms with E-state index in [1.54, 1.807) is 18.2 Å². The Labute approximate surface area is 147 Å². The Kier molecular flexibility index (Phi) is 5.03. The van der Waals surface area contributed by atoms with Gasteiger partial charge in [-0.1, -0.05) is 30.3 Å². The molecule has 0 aliphatic carbocycles. The fourth-order valence-electron chi connectivity index (χ4n) is 2.84. The van der Waals surface area contributed by atoms with Gasteiger partial charge in [0, 0.05) is 5.56 Å². The van der Waals surface area contributed by atoms with Gasteiger partial charge in [0.15, 0.2) is 5.78 Å². The van der Waals surface area contributed by atoms with E-state index in [1.807, 2.05) is 42.2 Å². The molecule has 2 aromatic carbocycles. The number of ether oxygens (including phenoxy) is 2. The van der Waals surface area contributed by atoms with Crippen LogP contribution in [0.2, 0.25) is 0 Å². The topological polar surface area (TPSA) is 55.8 Å². The highest BCUT2D eigenvalue weighted by Gasteiger charge is 2.25. The van der Waals surface area contributed by atoms with E-state index in [2.05, 4.69) is 0 Å². The van der Waals surface area contributed by atoms with E-state index >= 15 is 0 Å². The van der Waals surface area contributed by atoms with Crippen molar-refractivity contribution >= 4 is 17.4 Å². The molecule has 25 heavy (non-hydrogen) atoms. The molecular formula is C20H21NO4. The molecule has 3 rings (SSSR count). The van der Waals surface area contributed by atoms with Crippen molar-refractivity contribution in [2.75, 3.05) is 18.0 Å². The molecule has 1 aliphatic heterocycles. The highest BCUT2D eigenvalue weighted by atomic mass is 16.5. The molecule has 130 valence electrons. The number of hydrogen-bond acceptors (Lipinski definition) is 5. The van der Waals surface area contributed by atoms with Crippen molar-refractivity contribution in [3.8, 4) is 5.75 Å². The zero-order valence-corrected chi connectivity index (χ0v) is 14.4. The maximum absolute atomic E-state index is 12.2. The third-order valence-corrected chi connectivity index (χ3v) is 4.07. The van der Waals surface area contributed by atoms with Gasteiger partial charge in [-0.15, -0.1) is 0 Å². The van der Waals surface area contributed by atoms with E-state index in [0.717, 1.165) is 11.3 Å². The lowest BCUT2D eigenvalue weighted by Gasteiger charge is -2.34. The Morgan fingerprint density at radius 2 is 1.96 bits per heavy atom. The Morgan fingerprint density at radius 1 is 1.20 bits per heavy atom. The van der Waals surface area contributed by atoms with Crippen LogP contribution in [0.1, 0.15) is 29.8 Å².